The highest BCUT2D eigenvalue weighted by Crippen LogP contribution is 2.16. The van der Waals surface area contributed by atoms with Crippen LogP contribution in [0.3, 0.4) is 0 Å². The fourth-order valence-electron chi connectivity index (χ4n) is 1.58. The Hall–Kier alpha value is -1.90. The van der Waals surface area contributed by atoms with Gasteiger partial charge < -0.3 is 5.32 Å². The van der Waals surface area contributed by atoms with Crippen molar-refractivity contribution in [3.63, 3.8) is 0 Å². The Morgan fingerprint density at radius 1 is 1.00 bits per heavy atom. The number of anilines is 1. The van der Waals surface area contributed by atoms with Crippen molar-refractivity contribution < 1.29 is 0 Å². The monoisotopic (exact) mass is 227 g/mol. The second-order valence-corrected chi connectivity index (χ2v) is 3.95. The van der Waals surface area contributed by atoms with Gasteiger partial charge in [0.1, 0.15) is 5.82 Å². The highest BCUT2D eigenvalue weighted by Gasteiger charge is 1.99. The lowest BCUT2D eigenvalue weighted by Crippen LogP contribution is -2.03. The van der Waals surface area contributed by atoms with Crippen molar-refractivity contribution in [1.82, 2.24) is 10.2 Å². The summed E-state index contributed by atoms with van der Waals surface area (Å²) in [5.74, 6) is 0.845. The Morgan fingerprint density at radius 3 is 2.47 bits per heavy atom. The van der Waals surface area contributed by atoms with Gasteiger partial charge >= 0.3 is 0 Å². The zero-order valence-electron chi connectivity index (χ0n) is 10.1. The second kappa shape index (κ2) is 5.99. The highest BCUT2D eigenvalue weighted by molar-refractivity contribution is 5.59. The van der Waals surface area contributed by atoms with Crippen LogP contribution in [0.2, 0.25) is 0 Å². The van der Waals surface area contributed by atoms with Crippen LogP contribution in [0, 0.1) is 0 Å². The molecule has 0 aliphatic rings. The molecular weight excluding hydrogens is 210 g/mol. The maximum Gasteiger partial charge on any atom is 0.148 e. The average Bonchev–Trinajstić information content (AvgIpc) is 2.41. The third-order valence-corrected chi connectivity index (χ3v) is 2.57. The predicted molar refractivity (Wildman–Crippen MR) is 70.9 cm³/mol. The van der Waals surface area contributed by atoms with Gasteiger partial charge in [0.25, 0.3) is 0 Å². The van der Waals surface area contributed by atoms with Gasteiger partial charge in [0.05, 0.1) is 5.69 Å². The Labute approximate surface area is 102 Å². The van der Waals surface area contributed by atoms with E-state index in [4.69, 9.17) is 0 Å². The number of benzene rings is 1. The number of unbranched alkanes of at least 4 members (excludes halogenated alkanes) is 1. The van der Waals surface area contributed by atoms with Crippen LogP contribution in [-0.4, -0.2) is 16.7 Å². The molecule has 0 fully saturated rings. The van der Waals surface area contributed by atoms with Crippen LogP contribution in [0.15, 0.2) is 42.5 Å². The largest absolute Gasteiger partial charge is 0.369 e. The molecule has 2 aromatic rings. The first kappa shape index (κ1) is 11.6. The lowest BCUT2D eigenvalue weighted by atomic mass is 10.1. The van der Waals surface area contributed by atoms with Crippen LogP contribution in [0.1, 0.15) is 19.8 Å². The molecule has 1 aromatic carbocycles. The van der Waals surface area contributed by atoms with E-state index in [1.807, 2.05) is 42.5 Å². The first-order valence-corrected chi connectivity index (χ1v) is 6.03. The van der Waals surface area contributed by atoms with Gasteiger partial charge in [-0.3, -0.25) is 0 Å². The molecular formula is C14H17N3. The maximum absolute atomic E-state index is 4.22. The molecule has 1 N–H and O–H groups in total. The number of rotatable bonds is 5. The number of aromatic nitrogens is 2. The molecule has 0 unspecified atom stereocenters. The predicted octanol–water partition coefficient (Wildman–Crippen LogP) is 3.36. The average molecular weight is 227 g/mol. The van der Waals surface area contributed by atoms with E-state index < -0.39 is 0 Å². The van der Waals surface area contributed by atoms with Crippen LogP contribution in [-0.2, 0) is 0 Å². The number of nitrogens with one attached hydrogen (secondary N) is 1. The molecule has 3 nitrogen and oxygen atoms in total. The lowest BCUT2D eigenvalue weighted by Gasteiger charge is -2.04. The Morgan fingerprint density at radius 2 is 1.82 bits per heavy atom. The molecule has 17 heavy (non-hydrogen) atoms. The quantitative estimate of drug-likeness (QED) is 0.796. The van der Waals surface area contributed by atoms with Crippen LogP contribution in [0.5, 0.6) is 0 Å². The zero-order valence-corrected chi connectivity index (χ0v) is 10.1. The topological polar surface area (TPSA) is 37.8 Å². The second-order valence-electron chi connectivity index (χ2n) is 3.95. The minimum absolute atomic E-state index is 0.845. The molecule has 0 amide bonds. The van der Waals surface area contributed by atoms with E-state index in [1.165, 1.54) is 6.42 Å². The molecule has 0 spiro atoms. The maximum atomic E-state index is 4.22. The van der Waals surface area contributed by atoms with Crippen molar-refractivity contribution in [1.29, 1.82) is 0 Å². The molecule has 0 radical (unpaired) electrons. The summed E-state index contributed by atoms with van der Waals surface area (Å²) >= 11 is 0. The molecule has 2 rings (SSSR count). The molecule has 0 saturated heterocycles. The van der Waals surface area contributed by atoms with E-state index in [9.17, 15) is 0 Å². The third kappa shape index (κ3) is 3.28. The van der Waals surface area contributed by atoms with Crippen molar-refractivity contribution in [2.75, 3.05) is 11.9 Å². The van der Waals surface area contributed by atoms with Crippen LogP contribution >= 0.6 is 0 Å². The fourth-order valence-corrected chi connectivity index (χ4v) is 1.58. The summed E-state index contributed by atoms with van der Waals surface area (Å²) in [4.78, 5) is 0. The summed E-state index contributed by atoms with van der Waals surface area (Å²) in [6.07, 6.45) is 2.34. The van der Waals surface area contributed by atoms with E-state index >= 15 is 0 Å². The molecule has 0 atom stereocenters. The van der Waals surface area contributed by atoms with Gasteiger partial charge in [0.15, 0.2) is 0 Å². The van der Waals surface area contributed by atoms with E-state index in [-0.39, 0.29) is 0 Å². The number of nitrogens with zero attached hydrogens (tertiary/aromatic N) is 2. The smallest absolute Gasteiger partial charge is 0.148 e. The summed E-state index contributed by atoms with van der Waals surface area (Å²) in [5.41, 5.74) is 2.01. The highest BCUT2D eigenvalue weighted by atomic mass is 15.2. The Balaban J connectivity index is 2.03. The van der Waals surface area contributed by atoms with Gasteiger partial charge in [-0.05, 0) is 18.6 Å². The minimum atomic E-state index is 0.845. The molecule has 0 aliphatic heterocycles. The first-order valence-electron chi connectivity index (χ1n) is 6.03. The minimum Gasteiger partial charge on any atom is -0.369 e. The van der Waals surface area contributed by atoms with Crippen LogP contribution < -0.4 is 5.32 Å². The van der Waals surface area contributed by atoms with Gasteiger partial charge in [-0.1, -0.05) is 43.7 Å². The van der Waals surface area contributed by atoms with E-state index in [1.54, 1.807) is 0 Å². The molecule has 0 aliphatic carbocycles. The first-order chi connectivity index (χ1) is 8.40. The van der Waals surface area contributed by atoms with E-state index in [0.29, 0.717) is 0 Å². The van der Waals surface area contributed by atoms with Crippen molar-refractivity contribution in [2.24, 2.45) is 0 Å². The molecule has 88 valence electrons. The van der Waals surface area contributed by atoms with Gasteiger partial charge in [0, 0.05) is 12.1 Å². The Bertz CT molecular complexity index is 437. The fraction of sp³-hybridized carbons (Fsp3) is 0.286. The molecule has 1 aromatic heterocycles. The van der Waals surface area contributed by atoms with Crippen molar-refractivity contribution in [3.05, 3.63) is 42.5 Å². The van der Waals surface area contributed by atoms with Gasteiger partial charge in [-0.2, -0.15) is 0 Å². The SMILES string of the molecule is CCCCNc1ccc(-c2ccccc2)nn1. The van der Waals surface area contributed by atoms with Crippen LogP contribution in [0.4, 0.5) is 5.82 Å². The summed E-state index contributed by atoms with van der Waals surface area (Å²) in [6.45, 7) is 3.13. The summed E-state index contributed by atoms with van der Waals surface area (Å²) in [6, 6.07) is 14.1. The van der Waals surface area contributed by atoms with Crippen molar-refractivity contribution in [3.8, 4) is 11.3 Å². The summed E-state index contributed by atoms with van der Waals surface area (Å²) < 4.78 is 0. The molecule has 1 heterocycles. The van der Waals surface area contributed by atoms with E-state index in [0.717, 1.165) is 30.0 Å². The van der Waals surface area contributed by atoms with Crippen molar-refractivity contribution >= 4 is 5.82 Å². The summed E-state index contributed by atoms with van der Waals surface area (Å²) in [7, 11) is 0. The number of hydrogen-bond acceptors (Lipinski definition) is 3. The third-order valence-electron chi connectivity index (χ3n) is 2.57. The lowest BCUT2D eigenvalue weighted by molar-refractivity contribution is 0.827. The van der Waals surface area contributed by atoms with E-state index in [2.05, 4.69) is 22.4 Å². The standard InChI is InChI=1S/C14H17N3/c1-2-3-11-15-14-10-9-13(16-17-14)12-7-5-4-6-8-12/h4-10H,2-3,11H2,1H3,(H,15,17). The number of hydrogen-bond donors (Lipinski definition) is 1. The van der Waals surface area contributed by atoms with Gasteiger partial charge in [-0.15, -0.1) is 10.2 Å². The molecule has 3 heteroatoms. The summed E-state index contributed by atoms with van der Waals surface area (Å²) in [5, 5.41) is 11.6. The van der Waals surface area contributed by atoms with Gasteiger partial charge in [0.2, 0.25) is 0 Å². The van der Waals surface area contributed by atoms with Crippen molar-refractivity contribution in [2.45, 2.75) is 19.8 Å². The Kier molecular flexibility index (Phi) is 4.08. The van der Waals surface area contributed by atoms with Gasteiger partial charge in [-0.25, -0.2) is 0 Å². The normalized spacial score (nSPS) is 10.2. The molecule has 0 saturated carbocycles. The van der Waals surface area contributed by atoms with Crippen LogP contribution in [0.25, 0.3) is 11.3 Å². The zero-order chi connectivity index (χ0) is 11.9. The molecule has 0 bridgehead atoms.